The number of aromatic nitrogens is 3. The summed E-state index contributed by atoms with van der Waals surface area (Å²) in [6.45, 7) is 1.88. The van der Waals surface area contributed by atoms with Crippen molar-refractivity contribution >= 4 is 11.5 Å². The van der Waals surface area contributed by atoms with Crippen LogP contribution in [0, 0.1) is 11.3 Å². The monoisotopic (exact) mass is 317 g/mol. The highest BCUT2D eigenvalue weighted by Gasteiger charge is 2.09. The number of nitriles is 1. The van der Waals surface area contributed by atoms with E-state index in [-0.39, 0.29) is 5.78 Å². The number of hydrogen-bond donors (Lipinski definition) is 1. The Balaban J connectivity index is 1.85. The Morgan fingerprint density at radius 1 is 1.25 bits per heavy atom. The number of nitrogens with one attached hydrogen (secondary N) is 1. The third-order valence-electron chi connectivity index (χ3n) is 3.64. The summed E-state index contributed by atoms with van der Waals surface area (Å²) in [7, 11) is 0. The zero-order chi connectivity index (χ0) is 16.9. The molecule has 0 spiro atoms. The van der Waals surface area contributed by atoms with E-state index in [1.807, 2.05) is 34.9 Å². The van der Waals surface area contributed by atoms with Crippen molar-refractivity contribution in [3.05, 3.63) is 71.8 Å². The van der Waals surface area contributed by atoms with E-state index in [2.05, 4.69) is 21.6 Å². The molecule has 0 aliphatic carbocycles. The summed E-state index contributed by atoms with van der Waals surface area (Å²) in [4.78, 5) is 11.5. The van der Waals surface area contributed by atoms with Crippen LogP contribution in [0.4, 0.5) is 5.69 Å². The molecule has 6 heteroatoms. The van der Waals surface area contributed by atoms with Gasteiger partial charge in [0.25, 0.3) is 0 Å². The van der Waals surface area contributed by atoms with Gasteiger partial charge in [-0.25, -0.2) is 0 Å². The molecule has 0 fully saturated rings. The molecule has 1 heterocycles. The second-order valence-corrected chi connectivity index (χ2v) is 5.23. The number of benzene rings is 2. The van der Waals surface area contributed by atoms with E-state index < -0.39 is 0 Å². The molecule has 6 nitrogen and oxygen atoms in total. The summed E-state index contributed by atoms with van der Waals surface area (Å²) in [5.74, 6) is 0.660. The van der Waals surface area contributed by atoms with Crippen molar-refractivity contribution < 1.29 is 4.79 Å². The van der Waals surface area contributed by atoms with Gasteiger partial charge in [-0.1, -0.05) is 18.2 Å². The highest BCUT2D eigenvalue weighted by molar-refractivity contribution is 5.95. The molecule has 118 valence electrons. The van der Waals surface area contributed by atoms with Crippen LogP contribution >= 0.6 is 0 Å². The van der Waals surface area contributed by atoms with E-state index >= 15 is 0 Å². The fraction of sp³-hybridized carbons (Fsp3) is 0.111. The molecular formula is C18H15N5O. The Hall–Kier alpha value is -3.46. The summed E-state index contributed by atoms with van der Waals surface area (Å²) in [6, 6.07) is 16.8. The van der Waals surface area contributed by atoms with Crippen molar-refractivity contribution in [1.29, 1.82) is 5.26 Å². The highest BCUT2D eigenvalue weighted by atomic mass is 16.1. The van der Waals surface area contributed by atoms with Gasteiger partial charge < -0.3 is 5.32 Å². The number of rotatable bonds is 5. The molecule has 0 radical (unpaired) electrons. The van der Waals surface area contributed by atoms with Gasteiger partial charge in [-0.3, -0.25) is 9.36 Å². The van der Waals surface area contributed by atoms with Crippen LogP contribution in [-0.4, -0.2) is 20.5 Å². The lowest BCUT2D eigenvalue weighted by molar-refractivity contribution is 0.101. The molecule has 3 aromatic rings. The highest BCUT2D eigenvalue weighted by Crippen LogP contribution is 2.19. The number of hydrogen-bond acceptors (Lipinski definition) is 5. The molecule has 1 N–H and O–H groups in total. The maximum Gasteiger partial charge on any atom is 0.159 e. The van der Waals surface area contributed by atoms with Crippen LogP contribution in [-0.2, 0) is 6.54 Å². The van der Waals surface area contributed by atoms with Gasteiger partial charge in [0.05, 0.1) is 17.8 Å². The van der Waals surface area contributed by atoms with E-state index in [0.717, 1.165) is 5.69 Å². The molecule has 0 unspecified atom stereocenters. The lowest BCUT2D eigenvalue weighted by atomic mass is 10.1. The van der Waals surface area contributed by atoms with Crippen LogP contribution in [0.2, 0.25) is 0 Å². The van der Waals surface area contributed by atoms with Gasteiger partial charge >= 0.3 is 0 Å². The SMILES string of the molecule is CC(=O)c1ccc(C#N)c(NCc2nncn2-c2ccccc2)c1. The molecule has 0 saturated heterocycles. The second-order valence-electron chi connectivity index (χ2n) is 5.23. The van der Waals surface area contributed by atoms with Crippen LogP contribution in [0.25, 0.3) is 5.69 Å². The molecule has 0 aliphatic heterocycles. The number of para-hydroxylation sites is 1. The summed E-state index contributed by atoms with van der Waals surface area (Å²) in [5.41, 5.74) is 2.59. The average molecular weight is 317 g/mol. The summed E-state index contributed by atoms with van der Waals surface area (Å²) < 4.78 is 1.87. The normalized spacial score (nSPS) is 10.2. The quantitative estimate of drug-likeness (QED) is 0.731. The standard InChI is InChI=1S/C18H15N5O/c1-13(24)14-7-8-15(10-19)17(9-14)20-11-18-22-21-12-23(18)16-5-3-2-4-6-16/h2-9,12,20H,11H2,1H3. The van der Waals surface area contributed by atoms with Crippen LogP contribution in [0.1, 0.15) is 28.7 Å². The number of anilines is 1. The van der Waals surface area contributed by atoms with Gasteiger partial charge in [0.15, 0.2) is 11.6 Å². The molecule has 2 aromatic carbocycles. The van der Waals surface area contributed by atoms with Gasteiger partial charge in [0, 0.05) is 11.3 Å². The Morgan fingerprint density at radius 2 is 2.04 bits per heavy atom. The van der Waals surface area contributed by atoms with Gasteiger partial charge in [0.1, 0.15) is 12.4 Å². The average Bonchev–Trinajstić information content (AvgIpc) is 3.09. The maximum atomic E-state index is 11.5. The Bertz CT molecular complexity index is 909. The van der Waals surface area contributed by atoms with Crippen molar-refractivity contribution in [1.82, 2.24) is 14.8 Å². The van der Waals surface area contributed by atoms with E-state index in [1.165, 1.54) is 6.92 Å². The minimum atomic E-state index is -0.0463. The van der Waals surface area contributed by atoms with Gasteiger partial charge in [0.2, 0.25) is 0 Å². The Morgan fingerprint density at radius 3 is 2.75 bits per heavy atom. The minimum Gasteiger partial charge on any atom is -0.377 e. The maximum absolute atomic E-state index is 11.5. The van der Waals surface area contributed by atoms with Crippen molar-refractivity contribution in [3.8, 4) is 11.8 Å². The second kappa shape index (κ2) is 6.75. The molecule has 0 saturated carbocycles. The van der Waals surface area contributed by atoms with Crippen molar-refractivity contribution in [2.75, 3.05) is 5.32 Å². The number of carbonyl (C=O) groups is 1. The summed E-state index contributed by atoms with van der Waals surface area (Å²) >= 11 is 0. The van der Waals surface area contributed by atoms with Crippen molar-refractivity contribution in [3.63, 3.8) is 0 Å². The summed E-state index contributed by atoms with van der Waals surface area (Å²) in [6.07, 6.45) is 1.64. The van der Waals surface area contributed by atoms with E-state index in [9.17, 15) is 10.1 Å². The van der Waals surface area contributed by atoms with Gasteiger partial charge in [-0.15, -0.1) is 10.2 Å². The molecule has 0 aliphatic rings. The molecule has 0 atom stereocenters. The van der Waals surface area contributed by atoms with E-state index in [4.69, 9.17) is 0 Å². The van der Waals surface area contributed by atoms with Crippen LogP contribution in [0.15, 0.2) is 54.9 Å². The third-order valence-corrected chi connectivity index (χ3v) is 3.64. The summed E-state index contributed by atoms with van der Waals surface area (Å²) in [5, 5.41) is 20.5. The molecule has 3 rings (SSSR count). The van der Waals surface area contributed by atoms with E-state index in [1.54, 1.807) is 24.5 Å². The fourth-order valence-corrected chi connectivity index (χ4v) is 2.37. The first-order chi connectivity index (χ1) is 11.7. The first kappa shape index (κ1) is 15.4. The molecule has 0 bridgehead atoms. The predicted molar refractivity (Wildman–Crippen MR) is 89.8 cm³/mol. The van der Waals surface area contributed by atoms with Crippen molar-refractivity contribution in [2.45, 2.75) is 13.5 Å². The number of ketones is 1. The molecule has 24 heavy (non-hydrogen) atoms. The number of carbonyl (C=O) groups excluding carboxylic acids is 1. The minimum absolute atomic E-state index is 0.0463. The first-order valence-electron chi connectivity index (χ1n) is 7.42. The van der Waals surface area contributed by atoms with Crippen LogP contribution in [0.5, 0.6) is 0 Å². The largest absolute Gasteiger partial charge is 0.377 e. The molecular weight excluding hydrogens is 302 g/mol. The van der Waals surface area contributed by atoms with Crippen LogP contribution in [0.3, 0.4) is 0 Å². The number of nitrogens with zero attached hydrogens (tertiary/aromatic N) is 4. The Labute approximate surface area is 139 Å². The lowest BCUT2D eigenvalue weighted by Gasteiger charge is -2.10. The fourth-order valence-electron chi connectivity index (χ4n) is 2.37. The van der Waals surface area contributed by atoms with Crippen molar-refractivity contribution in [2.24, 2.45) is 0 Å². The molecule has 0 amide bonds. The topological polar surface area (TPSA) is 83.6 Å². The van der Waals surface area contributed by atoms with Gasteiger partial charge in [-0.2, -0.15) is 5.26 Å². The van der Waals surface area contributed by atoms with E-state index in [0.29, 0.717) is 29.2 Å². The van der Waals surface area contributed by atoms with Crippen LogP contribution < -0.4 is 5.32 Å². The molecule has 1 aromatic heterocycles. The predicted octanol–water partition coefficient (Wildman–Crippen LogP) is 2.95. The third kappa shape index (κ3) is 3.15. The van der Waals surface area contributed by atoms with Gasteiger partial charge in [-0.05, 0) is 37.3 Å². The lowest BCUT2D eigenvalue weighted by Crippen LogP contribution is -2.08. The smallest absolute Gasteiger partial charge is 0.159 e. The zero-order valence-corrected chi connectivity index (χ0v) is 13.1. The Kier molecular flexibility index (Phi) is 4.34. The first-order valence-corrected chi connectivity index (χ1v) is 7.42. The zero-order valence-electron chi connectivity index (χ0n) is 13.1. The number of Topliss-reactive ketones (excluding diaryl/α,β-unsaturated/α-hetero) is 1.